The fourth-order valence-electron chi connectivity index (χ4n) is 6.50. The Labute approximate surface area is 195 Å². The van der Waals surface area contributed by atoms with Gasteiger partial charge in [0.25, 0.3) is 0 Å². The van der Waals surface area contributed by atoms with Crippen LogP contribution in [-0.4, -0.2) is 10.2 Å². The number of rotatable bonds is 8. The molecule has 0 spiro atoms. The van der Waals surface area contributed by atoms with Crippen LogP contribution in [0.1, 0.15) is 137 Å². The van der Waals surface area contributed by atoms with E-state index < -0.39 is 0 Å². The third kappa shape index (κ3) is 5.16. The van der Waals surface area contributed by atoms with E-state index in [-0.39, 0.29) is 5.92 Å². The molecular weight excluding hydrogens is 392 g/mol. The van der Waals surface area contributed by atoms with Gasteiger partial charge in [0, 0.05) is 17.0 Å². The molecule has 4 rings (SSSR count). The number of benzene rings is 2. The largest absolute Gasteiger partial charge is 0.508 e. The molecule has 0 unspecified atom stereocenters. The minimum Gasteiger partial charge on any atom is -0.508 e. The molecule has 2 nitrogen and oxygen atoms in total. The highest BCUT2D eigenvalue weighted by atomic mass is 16.3. The van der Waals surface area contributed by atoms with E-state index in [1.165, 1.54) is 106 Å². The van der Waals surface area contributed by atoms with Crippen molar-refractivity contribution in [1.29, 1.82) is 0 Å². The van der Waals surface area contributed by atoms with Crippen LogP contribution < -0.4 is 0 Å². The van der Waals surface area contributed by atoms with E-state index in [0.29, 0.717) is 23.3 Å². The van der Waals surface area contributed by atoms with Gasteiger partial charge in [-0.05, 0) is 67.2 Å². The third-order valence-electron chi connectivity index (χ3n) is 8.11. The number of hydrogen-bond donors (Lipinski definition) is 2. The summed E-state index contributed by atoms with van der Waals surface area (Å²) in [5.41, 5.74) is 5.03. The topological polar surface area (TPSA) is 40.5 Å². The molecule has 2 fully saturated rings. The number of phenols is 2. The van der Waals surface area contributed by atoms with E-state index in [0.717, 1.165) is 6.42 Å². The summed E-state index contributed by atoms with van der Waals surface area (Å²) in [6.07, 6.45) is 17.1. The molecule has 0 aliphatic heterocycles. The standard InChI is InChI=1S/C30H42O2/c1-2-3-6-17-24(25-18-11-20-27(31)29(25)22-13-7-4-8-14-22)26-19-12-21-28(32)30(26)23-15-9-5-10-16-23/h11-12,18-24,31-32H,2-10,13-17H2,1H3. The Hall–Kier alpha value is -1.96. The average Bonchev–Trinajstić information content (AvgIpc) is 2.83. The van der Waals surface area contributed by atoms with Crippen molar-refractivity contribution in [1.82, 2.24) is 0 Å². The molecule has 2 saturated carbocycles. The van der Waals surface area contributed by atoms with E-state index in [2.05, 4.69) is 19.1 Å². The molecule has 2 aromatic carbocycles. The van der Waals surface area contributed by atoms with Gasteiger partial charge in [-0.3, -0.25) is 0 Å². The summed E-state index contributed by atoms with van der Waals surface area (Å²) >= 11 is 0. The maximum atomic E-state index is 11.0. The summed E-state index contributed by atoms with van der Waals surface area (Å²) < 4.78 is 0. The van der Waals surface area contributed by atoms with Crippen molar-refractivity contribution in [3.8, 4) is 11.5 Å². The molecule has 2 heteroatoms. The van der Waals surface area contributed by atoms with Gasteiger partial charge in [-0.1, -0.05) is 89.0 Å². The highest BCUT2D eigenvalue weighted by Crippen LogP contribution is 2.48. The van der Waals surface area contributed by atoms with Crippen molar-refractivity contribution in [2.24, 2.45) is 0 Å². The lowest BCUT2D eigenvalue weighted by Crippen LogP contribution is -2.15. The monoisotopic (exact) mass is 434 g/mol. The smallest absolute Gasteiger partial charge is 0.119 e. The summed E-state index contributed by atoms with van der Waals surface area (Å²) in [5.74, 6) is 2.13. The fourth-order valence-corrected chi connectivity index (χ4v) is 6.50. The Morgan fingerprint density at radius 2 is 1.16 bits per heavy atom. The second kappa shape index (κ2) is 11.3. The van der Waals surface area contributed by atoms with E-state index >= 15 is 0 Å². The van der Waals surface area contributed by atoms with Crippen molar-refractivity contribution in [3.05, 3.63) is 58.7 Å². The summed E-state index contributed by atoms with van der Waals surface area (Å²) in [6, 6.07) is 12.4. The first-order chi connectivity index (χ1) is 15.7. The van der Waals surface area contributed by atoms with E-state index in [1.54, 1.807) is 0 Å². The Bertz CT molecular complexity index is 792. The lowest BCUT2D eigenvalue weighted by atomic mass is 9.73. The summed E-state index contributed by atoms with van der Waals surface area (Å²) in [6.45, 7) is 2.26. The second-order valence-electron chi connectivity index (χ2n) is 10.3. The molecule has 0 radical (unpaired) electrons. The number of unbranched alkanes of at least 4 members (excludes halogenated alkanes) is 2. The summed E-state index contributed by atoms with van der Waals surface area (Å²) in [4.78, 5) is 0. The van der Waals surface area contributed by atoms with Crippen LogP contribution in [0.25, 0.3) is 0 Å². The molecule has 2 aliphatic carbocycles. The molecular formula is C30H42O2. The van der Waals surface area contributed by atoms with Crippen molar-refractivity contribution < 1.29 is 10.2 Å². The van der Waals surface area contributed by atoms with Crippen LogP contribution in [0.4, 0.5) is 0 Å². The first kappa shape index (κ1) is 23.2. The van der Waals surface area contributed by atoms with E-state index in [1.807, 2.05) is 24.3 Å². The molecule has 0 atom stereocenters. The van der Waals surface area contributed by atoms with Gasteiger partial charge in [-0.15, -0.1) is 0 Å². The maximum Gasteiger partial charge on any atom is 0.119 e. The third-order valence-corrected chi connectivity index (χ3v) is 8.11. The van der Waals surface area contributed by atoms with E-state index in [9.17, 15) is 10.2 Å². The van der Waals surface area contributed by atoms with Gasteiger partial charge in [0.15, 0.2) is 0 Å². The van der Waals surface area contributed by atoms with Gasteiger partial charge < -0.3 is 10.2 Å². The van der Waals surface area contributed by atoms with Crippen LogP contribution in [0.2, 0.25) is 0 Å². The molecule has 0 amide bonds. The van der Waals surface area contributed by atoms with Gasteiger partial charge in [-0.25, -0.2) is 0 Å². The second-order valence-corrected chi connectivity index (χ2v) is 10.3. The molecule has 2 aromatic rings. The van der Waals surface area contributed by atoms with Crippen LogP contribution in [0.3, 0.4) is 0 Å². The van der Waals surface area contributed by atoms with Crippen molar-refractivity contribution in [3.63, 3.8) is 0 Å². The van der Waals surface area contributed by atoms with Gasteiger partial charge in [0.05, 0.1) is 0 Å². The molecule has 0 bridgehead atoms. The van der Waals surface area contributed by atoms with Crippen LogP contribution in [0.15, 0.2) is 36.4 Å². The average molecular weight is 435 g/mol. The van der Waals surface area contributed by atoms with E-state index in [4.69, 9.17) is 0 Å². The first-order valence-electron chi connectivity index (χ1n) is 13.3. The molecule has 174 valence electrons. The SMILES string of the molecule is CCCCCC(c1cccc(O)c1C1CCCCC1)c1cccc(O)c1C1CCCCC1. The Kier molecular flexibility index (Phi) is 8.16. The summed E-state index contributed by atoms with van der Waals surface area (Å²) in [5, 5.41) is 22.1. The predicted octanol–water partition coefficient (Wildman–Crippen LogP) is 8.91. The van der Waals surface area contributed by atoms with Gasteiger partial charge in [-0.2, -0.15) is 0 Å². The molecule has 2 aliphatic rings. The Balaban J connectivity index is 1.80. The zero-order chi connectivity index (χ0) is 22.3. The highest BCUT2D eigenvalue weighted by Gasteiger charge is 2.30. The van der Waals surface area contributed by atoms with Gasteiger partial charge in [0.2, 0.25) is 0 Å². The molecule has 32 heavy (non-hydrogen) atoms. The van der Waals surface area contributed by atoms with Crippen LogP contribution >= 0.6 is 0 Å². The maximum absolute atomic E-state index is 11.0. The number of hydrogen-bond acceptors (Lipinski definition) is 2. The van der Waals surface area contributed by atoms with Crippen LogP contribution in [0.5, 0.6) is 11.5 Å². The first-order valence-corrected chi connectivity index (χ1v) is 13.3. The zero-order valence-electron chi connectivity index (χ0n) is 20.0. The molecule has 0 aromatic heterocycles. The Morgan fingerprint density at radius 1 is 0.688 bits per heavy atom. The number of aromatic hydroxyl groups is 2. The molecule has 0 saturated heterocycles. The van der Waals surface area contributed by atoms with Crippen LogP contribution in [-0.2, 0) is 0 Å². The van der Waals surface area contributed by atoms with Gasteiger partial charge in [0.1, 0.15) is 11.5 Å². The van der Waals surface area contributed by atoms with Crippen molar-refractivity contribution in [2.45, 2.75) is 115 Å². The lowest BCUT2D eigenvalue weighted by molar-refractivity contribution is 0.405. The summed E-state index contributed by atoms with van der Waals surface area (Å²) in [7, 11) is 0. The highest BCUT2D eigenvalue weighted by molar-refractivity contribution is 5.52. The Morgan fingerprint density at radius 3 is 1.59 bits per heavy atom. The molecule has 2 N–H and O–H groups in total. The number of phenolic OH excluding ortho intramolecular Hbond substituents is 2. The normalized spacial score (nSPS) is 18.3. The van der Waals surface area contributed by atoms with Crippen molar-refractivity contribution in [2.75, 3.05) is 0 Å². The van der Waals surface area contributed by atoms with Crippen LogP contribution in [0, 0.1) is 0 Å². The predicted molar refractivity (Wildman–Crippen MR) is 134 cm³/mol. The quantitative estimate of drug-likeness (QED) is 0.407. The minimum atomic E-state index is 0.245. The molecule has 0 heterocycles. The fraction of sp³-hybridized carbons (Fsp3) is 0.600. The zero-order valence-corrected chi connectivity index (χ0v) is 20.0. The minimum absolute atomic E-state index is 0.245. The van der Waals surface area contributed by atoms with Crippen molar-refractivity contribution >= 4 is 0 Å². The lowest BCUT2D eigenvalue weighted by Gasteiger charge is -2.32. The van der Waals surface area contributed by atoms with Gasteiger partial charge >= 0.3 is 0 Å².